The molecule has 1 atom stereocenters. The number of nitrogens with one attached hydrogen (secondary N) is 1. The van der Waals surface area contributed by atoms with Gasteiger partial charge in [-0.25, -0.2) is 0 Å². The third-order valence-electron chi connectivity index (χ3n) is 4.85. The lowest BCUT2D eigenvalue weighted by Crippen LogP contribution is -2.20. The van der Waals surface area contributed by atoms with E-state index in [-0.39, 0.29) is 0 Å². The Hall–Kier alpha value is -2.92. The molecule has 3 rings (SSSR count). The van der Waals surface area contributed by atoms with E-state index in [1.807, 2.05) is 42.5 Å². The van der Waals surface area contributed by atoms with E-state index in [1.165, 1.54) is 4.90 Å². The molecule has 1 aliphatic rings. The zero-order valence-electron chi connectivity index (χ0n) is 19.5. The molecule has 2 aromatic carbocycles. The minimum atomic E-state index is 0.524. The number of aryl methyl sites for hydroxylation is 1. The monoisotopic (exact) mass is 441 g/mol. The average molecular weight is 442 g/mol. The zero-order chi connectivity index (χ0) is 23.8. The molecule has 0 aromatic heterocycles. The van der Waals surface area contributed by atoms with E-state index in [1.54, 1.807) is 14.2 Å². The Labute approximate surface area is 191 Å². The van der Waals surface area contributed by atoms with E-state index in [0.29, 0.717) is 18.1 Å². The van der Waals surface area contributed by atoms with Crippen molar-refractivity contribution in [2.75, 3.05) is 52.5 Å². The second-order valence-electron chi connectivity index (χ2n) is 7.34. The van der Waals surface area contributed by atoms with Gasteiger partial charge in [0.15, 0.2) is 0 Å². The van der Waals surface area contributed by atoms with Gasteiger partial charge in [-0.15, -0.1) is 0 Å². The summed E-state index contributed by atoms with van der Waals surface area (Å²) in [7, 11) is 4.28. The van der Waals surface area contributed by atoms with E-state index in [2.05, 4.69) is 18.3 Å². The summed E-state index contributed by atoms with van der Waals surface area (Å²) >= 11 is 0. The van der Waals surface area contributed by atoms with Crippen molar-refractivity contribution in [2.24, 2.45) is 5.92 Å². The van der Waals surface area contributed by atoms with Crippen molar-refractivity contribution in [1.29, 1.82) is 5.26 Å². The molecule has 2 aromatic rings. The lowest BCUT2D eigenvalue weighted by molar-refractivity contribution is -0.107. The van der Waals surface area contributed by atoms with Gasteiger partial charge >= 0.3 is 0 Å². The van der Waals surface area contributed by atoms with Crippen molar-refractivity contribution in [1.82, 2.24) is 5.32 Å². The maximum atomic E-state index is 11.0. The fourth-order valence-corrected chi connectivity index (χ4v) is 3.10. The molecule has 1 saturated heterocycles. The van der Waals surface area contributed by atoms with Crippen LogP contribution < -0.4 is 15.0 Å². The number of ether oxygens (including phenoxy) is 2. The summed E-state index contributed by atoms with van der Waals surface area (Å²) in [4.78, 5) is 12.5. The van der Waals surface area contributed by atoms with Gasteiger partial charge in [-0.05, 0) is 47.7 Å². The highest BCUT2D eigenvalue weighted by Crippen LogP contribution is 2.32. The molecular weight excluding hydrogens is 406 g/mol. The highest BCUT2D eigenvalue weighted by molar-refractivity contribution is 5.82. The van der Waals surface area contributed by atoms with Crippen molar-refractivity contribution in [3.8, 4) is 22.9 Å². The normalized spacial score (nSPS) is 14.9. The van der Waals surface area contributed by atoms with Gasteiger partial charge in [0, 0.05) is 27.1 Å². The Balaban J connectivity index is 0.000000427. The minimum absolute atomic E-state index is 0.524. The van der Waals surface area contributed by atoms with Crippen molar-refractivity contribution < 1.29 is 19.4 Å². The lowest BCUT2D eigenvalue weighted by Gasteiger charge is -2.16. The fraction of sp³-hybridized carbons (Fsp3) is 0.440. The lowest BCUT2D eigenvalue weighted by atomic mass is 10.0. The molecule has 0 bridgehead atoms. The topological polar surface area (TPSA) is 94.8 Å². The number of anilines is 1. The predicted octanol–water partition coefficient (Wildman–Crippen LogP) is 3.26. The number of carbonyl (C=O) groups is 1. The molecule has 2 N–H and O–H groups in total. The molecular formula is C25H35N3O4. The van der Waals surface area contributed by atoms with Crippen LogP contribution in [0.5, 0.6) is 5.75 Å². The largest absolute Gasteiger partial charge is 0.495 e. The van der Waals surface area contributed by atoms with Crippen molar-refractivity contribution in [3.05, 3.63) is 48.0 Å². The first-order valence-electron chi connectivity index (χ1n) is 10.6. The first kappa shape index (κ1) is 27.1. The van der Waals surface area contributed by atoms with Gasteiger partial charge in [0.05, 0.1) is 32.1 Å². The van der Waals surface area contributed by atoms with Crippen LogP contribution in [0.3, 0.4) is 0 Å². The van der Waals surface area contributed by atoms with Crippen LogP contribution in [0, 0.1) is 17.2 Å². The second kappa shape index (κ2) is 15.8. The minimum Gasteiger partial charge on any atom is -0.495 e. The van der Waals surface area contributed by atoms with Crippen LogP contribution in [0.15, 0.2) is 42.5 Å². The first-order valence-corrected chi connectivity index (χ1v) is 10.6. The molecule has 1 aliphatic heterocycles. The Morgan fingerprint density at radius 1 is 1.25 bits per heavy atom. The molecule has 0 spiro atoms. The van der Waals surface area contributed by atoms with Crippen LogP contribution in [0.1, 0.15) is 18.9 Å². The zero-order valence-corrected chi connectivity index (χ0v) is 19.5. The second-order valence-corrected chi connectivity index (χ2v) is 7.34. The summed E-state index contributed by atoms with van der Waals surface area (Å²) in [6.45, 7) is 6.12. The number of aliphatic hydroxyl groups is 1. The number of nitrogens with zero attached hydrogens (tertiary/aromatic N) is 2. The van der Waals surface area contributed by atoms with Crippen LogP contribution in [0.4, 0.5) is 5.69 Å². The maximum absolute atomic E-state index is 11.0. The van der Waals surface area contributed by atoms with Crippen LogP contribution in [-0.2, 0) is 16.0 Å². The number of methoxy groups -OCH3 is 1. The molecule has 32 heavy (non-hydrogen) atoms. The molecule has 1 fully saturated rings. The highest BCUT2D eigenvalue weighted by atomic mass is 16.5. The van der Waals surface area contributed by atoms with Crippen molar-refractivity contribution in [2.45, 2.75) is 19.8 Å². The number of amides is 1. The van der Waals surface area contributed by atoms with Crippen molar-refractivity contribution >= 4 is 12.1 Å². The maximum Gasteiger partial charge on any atom is 0.213 e. The summed E-state index contributed by atoms with van der Waals surface area (Å²) in [6, 6.07) is 16.0. The van der Waals surface area contributed by atoms with E-state index in [9.17, 15) is 4.79 Å². The van der Waals surface area contributed by atoms with Crippen LogP contribution in [0.25, 0.3) is 11.1 Å². The number of nitriles is 1. The van der Waals surface area contributed by atoms with Crippen LogP contribution in [0.2, 0.25) is 0 Å². The molecule has 0 radical (unpaired) electrons. The Bertz CT molecular complexity index is 826. The Kier molecular flexibility index (Phi) is 13.4. The van der Waals surface area contributed by atoms with Gasteiger partial charge in [0.2, 0.25) is 6.41 Å². The van der Waals surface area contributed by atoms with Crippen LogP contribution in [-0.4, -0.2) is 59.1 Å². The van der Waals surface area contributed by atoms with E-state index >= 15 is 0 Å². The summed E-state index contributed by atoms with van der Waals surface area (Å²) in [5, 5.41) is 18.9. The van der Waals surface area contributed by atoms with Gasteiger partial charge in [-0.1, -0.05) is 37.3 Å². The SMILES string of the molecule is CC1CNCCOC1.CO.COc1ccc(-c2ccc(CCC#N)cc2)cc1N(C)C=O. The van der Waals surface area contributed by atoms with E-state index in [0.717, 1.165) is 68.6 Å². The van der Waals surface area contributed by atoms with Gasteiger partial charge in [0.25, 0.3) is 0 Å². The molecule has 1 heterocycles. The summed E-state index contributed by atoms with van der Waals surface area (Å²) in [5.74, 6) is 1.35. The summed E-state index contributed by atoms with van der Waals surface area (Å²) < 4.78 is 10.5. The van der Waals surface area contributed by atoms with Gasteiger partial charge in [0.1, 0.15) is 5.75 Å². The van der Waals surface area contributed by atoms with Crippen LogP contribution >= 0.6 is 0 Å². The molecule has 0 saturated carbocycles. The summed E-state index contributed by atoms with van der Waals surface area (Å²) in [5.41, 5.74) is 3.94. The fourth-order valence-electron chi connectivity index (χ4n) is 3.10. The third-order valence-corrected chi connectivity index (χ3v) is 4.85. The summed E-state index contributed by atoms with van der Waals surface area (Å²) in [6.07, 6.45) is 2.04. The molecule has 7 nitrogen and oxygen atoms in total. The molecule has 0 aliphatic carbocycles. The number of benzene rings is 2. The highest BCUT2D eigenvalue weighted by Gasteiger charge is 2.10. The van der Waals surface area contributed by atoms with Crippen molar-refractivity contribution in [3.63, 3.8) is 0 Å². The third kappa shape index (κ3) is 9.06. The number of rotatable bonds is 6. The van der Waals surface area contributed by atoms with E-state index in [4.69, 9.17) is 19.8 Å². The Morgan fingerprint density at radius 2 is 1.94 bits per heavy atom. The molecule has 1 unspecified atom stereocenters. The van der Waals surface area contributed by atoms with Gasteiger partial charge in [-0.2, -0.15) is 5.26 Å². The van der Waals surface area contributed by atoms with E-state index < -0.39 is 0 Å². The molecule has 1 amide bonds. The number of aliphatic hydroxyl groups excluding tert-OH is 1. The molecule has 174 valence electrons. The quantitative estimate of drug-likeness (QED) is 0.668. The standard InChI is InChI=1S/C18H18N2O2.C6H13NO.CH4O/c1-20(13-21)17-12-16(9-10-18(17)22-2)15-7-5-14(6-8-15)4-3-11-19;1-6-4-7-2-3-8-5-6;1-2/h5-10,12-13H,3-4H2,1-2H3;6-7H,2-5H2,1H3;2H,1H3. The number of hydrogen-bond acceptors (Lipinski definition) is 6. The smallest absolute Gasteiger partial charge is 0.213 e. The average Bonchev–Trinajstić information content (AvgIpc) is 3.11. The Morgan fingerprint density at radius 3 is 2.56 bits per heavy atom. The predicted molar refractivity (Wildman–Crippen MR) is 128 cm³/mol. The van der Waals surface area contributed by atoms with Gasteiger partial charge < -0.3 is 24.8 Å². The molecule has 7 heteroatoms. The number of carbonyl (C=O) groups excluding carboxylic acids is 1. The number of hydrogen-bond donors (Lipinski definition) is 2. The van der Waals surface area contributed by atoms with Gasteiger partial charge in [-0.3, -0.25) is 4.79 Å². The first-order chi connectivity index (χ1) is 15.6.